The van der Waals surface area contributed by atoms with Crippen LogP contribution in [0.25, 0.3) is 0 Å². The molecule has 2 aliphatic rings. The van der Waals surface area contributed by atoms with E-state index in [1.807, 2.05) is 11.8 Å². The number of nitrogens with zero attached hydrogens (tertiary/aromatic N) is 3. The first kappa shape index (κ1) is 17.2. The summed E-state index contributed by atoms with van der Waals surface area (Å²) in [5, 5.41) is 11.6. The summed E-state index contributed by atoms with van der Waals surface area (Å²) < 4.78 is 0. The van der Waals surface area contributed by atoms with Crippen molar-refractivity contribution in [2.75, 3.05) is 33.2 Å². The van der Waals surface area contributed by atoms with Gasteiger partial charge in [0.1, 0.15) is 13.1 Å². The second-order valence-corrected chi connectivity index (χ2v) is 5.97. The van der Waals surface area contributed by atoms with Gasteiger partial charge in [-0.3, -0.25) is 24.2 Å². The standard InChI is InChI=1S/C14H22N4O5/c1-3-17(8-13(21)22)10-4-9(5-10)15-11(19)6-18-12(20)7-16(2)14(18)23/h9-10H,3-8H2,1-2H3,(H,15,19)(H,21,22). The number of hydrogen-bond donors (Lipinski definition) is 2. The van der Waals surface area contributed by atoms with Crippen molar-refractivity contribution < 1.29 is 24.3 Å². The summed E-state index contributed by atoms with van der Waals surface area (Å²) in [5.74, 6) is -1.61. The van der Waals surface area contributed by atoms with Crippen LogP contribution in [-0.4, -0.2) is 88.9 Å². The average Bonchev–Trinajstić information content (AvgIpc) is 2.66. The molecule has 23 heavy (non-hydrogen) atoms. The first-order chi connectivity index (χ1) is 10.8. The number of urea groups is 1. The minimum atomic E-state index is -0.866. The lowest BCUT2D eigenvalue weighted by molar-refractivity contribution is -0.139. The van der Waals surface area contributed by atoms with Crippen molar-refractivity contribution in [3.8, 4) is 0 Å². The molecule has 1 aliphatic heterocycles. The molecule has 1 saturated carbocycles. The van der Waals surface area contributed by atoms with Gasteiger partial charge in [-0.1, -0.05) is 6.92 Å². The van der Waals surface area contributed by atoms with Crippen LogP contribution in [0.15, 0.2) is 0 Å². The van der Waals surface area contributed by atoms with Gasteiger partial charge in [0.05, 0.1) is 6.54 Å². The average molecular weight is 326 g/mol. The first-order valence-electron chi connectivity index (χ1n) is 7.62. The monoisotopic (exact) mass is 326 g/mol. The maximum atomic E-state index is 11.9. The Morgan fingerprint density at radius 3 is 2.48 bits per heavy atom. The molecule has 128 valence electrons. The minimum absolute atomic E-state index is 0.00172. The summed E-state index contributed by atoms with van der Waals surface area (Å²) in [6.45, 7) is 2.26. The summed E-state index contributed by atoms with van der Waals surface area (Å²) in [4.78, 5) is 50.1. The highest BCUT2D eigenvalue weighted by atomic mass is 16.4. The van der Waals surface area contributed by atoms with Crippen LogP contribution in [0.2, 0.25) is 0 Å². The molecule has 0 radical (unpaired) electrons. The van der Waals surface area contributed by atoms with Gasteiger partial charge in [-0.25, -0.2) is 4.79 Å². The SMILES string of the molecule is CCN(CC(=O)O)C1CC(NC(=O)CN2C(=O)CN(C)C2=O)C1. The van der Waals surface area contributed by atoms with Crippen LogP contribution in [0.1, 0.15) is 19.8 Å². The number of carbonyl (C=O) groups is 4. The van der Waals surface area contributed by atoms with Gasteiger partial charge in [-0.2, -0.15) is 0 Å². The van der Waals surface area contributed by atoms with Crippen LogP contribution in [0.3, 0.4) is 0 Å². The van der Waals surface area contributed by atoms with Gasteiger partial charge in [-0.15, -0.1) is 0 Å². The summed E-state index contributed by atoms with van der Waals surface area (Å²) in [6.07, 6.45) is 1.35. The van der Waals surface area contributed by atoms with Crippen molar-refractivity contribution in [2.24, 2.45) is 0 Å². The molecule has 2 rings (SSSR count). The van der Waals surface area contributed by atoms with Crippen molar-refractivity contribution in [1.29, 1.82) is 0 Å². The zero-order valence-electron chi connectivity index (χ0n) is 13.3. The second-order valence-electron chi connectivity index (χ2n) is 5.97. The molecule has 0 spiro atoms. The van der Waals surface area contributed by atoms with Crippen molar-refractivity contribution in [3.63, 3.8) is 0 Å². The first-order valence-corrected chi connectivity index (χ1v) is 7.62. The highest BCUT2D eigenvalue weighted by Gasteiger charge is 2.37. The predicted octanol–water partition coefficient (Wildman–Crippen LogP) is -1.07. The van der Waals surface area contributed by atoms with E-state index >= 15 is 0 Å². The van der Waals surface area contributed by atoms with E-state index in [9.17, 15) is 19.2 Å². The van der Waals surface area contributed by atoms with Gasteiger partial charge >= 0.3 is 12.0 Å². The molecule has 9 nitrogen and oxygen atoms in total. The van der Waals surface area contributed by atoms with Crippen LogP contribution in [0, 0.1) is 0 Å². The minimum Gasteiger partial charge on any atom is -0.480 e. The lowest BCUT2D eigenvalue weighted by Gasteiger charge is -2.42. The van der Waals surface area contributed by atoms with Gasteiger partial charge in [0.25, 0.3) is 5.91 Å². The van der Waals surface area contributed by atoms with Crippen LogP contribution >= 0.6 is 0 Å². The van der Waals surface area contributed by atoms with E-state index in [4.69, 9.17) is 5.11 Å². The van der Waals surface area contributed by atoms with Crippen LogP contribution in [0.4, 0.5) is 4.79 Å². The lowest BCUT2D eigenvalue weighted by atomic mass is 9.85. The van der Waals surface area contributed by atoms with Crippen molar-refractivity contribution in [1.82, 2.24) is 20.0 Å². The molecule has 0 bridgehead atoms. The molecule has 0 atom stereocenters. The zero-order chi connectivity index (χ0) is 17.1. The van der Waals surface area contributed by atoms with Crippen LogP contribution in [-0.2, 0) is 14.4 Å². The van der Waals surface area contributed by atoms with E-state index in [2.05, 4.69) is 5.32 Å². The Hall–Kier alpha value is -2.16. The molecule has 4 amide bonds. The van der Waals surface area contributed by atoms with Gasteiger partial charge in [0.2, 0.25) is 5.91 Å². The summed E-state index contributed by atoms with van der Waals surface area (Å²) in [7, 11) is 1.51. The predicted molar refractivity (Wildman–Crippen MR) is 79.6 cm³/mol. The Bertz CT molecular complexity index is 517. The fraction of sp³-hybridized carbons (Fsp3) is 0.714. The number of hydrogen-bond acceptors (Lipinski definition) is 5. The third-order valence-electron chi connectivity index (χ3n) is 4.27. The third-order valence-corrected chi connectivity index (χ3v) is 4.27. The summed E-state index contributed by atoms with van der Waals surface area (Å²) in [6, 6.07) is -0.362. The molecule has 1 saturated heterocycles. The molecule has 2 fully saturated rings. The molecule has 1 aliphatic carbocycles. The number of likely N-dealkylation sites (N-methyl/N-ethyl adjacent to an activating group) is 2. The van der Waals surface area contributed by atoms with E-state index in [0.29, 0.717) is 19.4 Å². The normalized spacial score (nSPS) is 24.1. The van der Waals surface area contributed by atoms with Crippen LogP contribution in [0.5, 0.6) is 0 Å². The number of carboxylic acids is 1. The quantitative estimate of drug-likeness (QED) is 0.577. The highest BCUT2D eigenvalue weighted by molar-refractivity contribution is 6.04. The molecule has 9 heteroatoms. The Kier molecular flexibility index (Phi) is 5.19. The molecule has 0 aromatic heterocycles. The fourth-order valence-electron chi connectivity index (χ4n) is 2.92. The molecule has 1 heterocycles. The van der Waals surface area contributed by atoms with E-state index in [1.165, 1.54) is 11.9 Å². The molecule has 0 aromatic rings. The number of nitrogens with one attached hydrogen (secondary N) is 1. The maximum absolute atomic E-state index is 11.9. The van der Waals surface area contributed by atoms with E-state index in [0.717, 1.165) is 4.90 Å². The number of carboxylic acid groups (broad SMARTS) is 1. The topological polar surface area (TPSA) is 110 Å². The molecule has 0 aromatic carbocycles. The summed E-state index contributed by atoms with van der Waals surface area (Å²) in [5.41, 5.74) is 0. The lowest BCUT2D eigenvalue weighted by Crippen LogP contribution is -2.56. The van der Waals surface area contributed by atoms with E-state index in [-0.39, 0.29) is 43.5 Å². The van der Waals surface area contributed by atoms with Gasteiger partial charge < -0.3 is 15.3 Å². The number of imide groups is 1. The number of aliphatic carboxylic acids is 1. The number of amides is 4. The Balaban J connectivity index is 1.75. The smallest absolute Gasteiger partial charge is 0.327 e. The van der Waals surface area contributed by atoms with Crippen molar-refractivity contribution in [2.45, 2.75) is 31.8 Å². The Morgan fingerprint density at radius 1 is 1.35 bits per heavy atom. The van der Waals surface area contributed by atoms with E-state index in [1.54, 1.807) is 0 Å². The van der Waals surface area contributed by atoms with Gasteiger partial charge in [-0.05, 0) is 19.4 Å². The van der Waals surface area contributed by atoms with Crippen molar-refractivity contribution in [3.05, 3.63) is 0 Å². The Morgan fingerprint density at radius 2 is 2.00 bits per heavy atom. The van der Waals surface area contributed by atoms with Gasteiger partial charge in [0.15, 0.2) is 0 Å². The number of carbonyl (C=O) groups excluding carboxylic acids is 3. The second kappa shape index (κ2) is 6.95. The van der Waals surface area contributed by atoms with Crippen molar-refractivity contribution >= 4 is 23.8 Å². The zero-order valence-corrected chi connectivity index (χ0v) is 13.3. The third kappa shape index (κ3) is 3.98. The Labute approximate surface area is 134 Å². The van der Waals surface area contributed by atoms with Crippen LogP contribution < -0.4 is 5.32 Å². The molecular weight excluding hydrogens is 304 g/mol. The van der Waals surface area contributed by atoms with Gasteiger partial charge in [0, 0.05) is 19.1 Å². The highest BCUT2D eigenvalue weighted by Crippen LogP contribution is 2.25. The largest absolute Gasteiger partial charge is 0.480 e. The maximum Gasteiger partial charge on any atom is 0.327 e. The summed E-state index contributed by atoms with van der Waals surface area (Å²) >= 11 is 0. The molecule has 0 unspecified atom stereocenters. The van der Waals surface area contributed by atoms with E-state index < -0.39 is 12.0 Å². The molecule has 2 N–H and O–H groups in total. The molecular formula is C14H22N4O5. The fourth-order valence-corrected chi connectivity index (χ4v) is 2.92. The number of rotatable bonds is 7.